The predicted octanol–water partition coefficient (Wildman–Crippen LogP) is 1.55. The summed E-state index contributed by atoms with van der Waals surface area (Å²) in [5, 5.41) is -4.87. The molecule has 1 aliphatic heterocycles. The first kappa shape index (κ1) is 17.0. The highest BCUT2D eigenvalue weighted by molar-refractivity contribution is 7.86. The molecule has 4 bridgehead atoms. The number of carbonyl (C=O) groups excluding carboxylic acids is 1. The second-order valence-electron chi connectivity index (χ2n) is 6.37. The van der Waals surface area contributed by atoms with Gasteiger partial charge in [-0.05, 0) is 25.2 Å². The van der Waals surface area contributed by atoms with E-state index >= 15 is 0 Å². The Balaban J connectivity index is 1.57. The van der Waals surface area contributed by atoms with Crippen molar-refractivity contribution >= 4 is 16.1 Å². The number of hydrogen-bond acceptors (Lipinski definition) is 5. The van der Waals surface area contributed by atoms with E-state index in [1.807, 2.05) is 0 Å². The van der Waals surface area contributed by atoms with Crippen molar-refractivity contribution in [2.45, 2.75) is 49.3 Å². The molecule has 6 atom stereocenters. The lowest BCUT2D eigenvalue weighted by atomic mass is 9.63. The number of esters is 1. The number of alkyl halides is 3. The Bertz CT molecular complexity index is 595. The van der Waals surface area contributed by atoms with Crippen molar-refractivity contribution in [1.82, 2.24) is 0 Å². The molecule has 1 N–H and O–H groups in total. The van der Waals surface area contributed by atoms with Crippen molar-refractivity contribution in [2.24, 2.45) is 17.8 Å². The third kappa shape index (κ3) is 2.74. The molecule has 6 unspecified atom stereocenters. The van der Waals surface area contributed by atoms with Crippen molar-refractivity contribution in [2.75, 3.05) is 6.61 Å². The van der Waals surface area contributed by atoms with Crippen molar-refractivity contribution < 1.29 is 40.4 Å². The molecule has 0 radical (unpaired) electrons. The Morgan fingerprint density at radius 2 is 2.09 bits per heavy atom. The van der Waals surface area contributed by atoms with Crippen LogP contribution in [0.1, 0.15) is 25.7 Å². The zero-order chi connectivity index (χ0) is 17.0. The molecule has 6 nitrogen and oxygen atoms in total. The van der Waals surface area contributed by atoms with Gasteiger partial charge in [0.1, 0.15) is 6.10 Å². The van der Waals surface area contributed by atoms with Crippen LogP contribution in [0, 0.1) is 17.8 Å². The van der Waals surface area contributed by atoms with Crippen molar-refractivity contribution in [3.63, 3.8) is 0 Å². The van der Waals surface area contributed by atoms with Crippen molar-refractivity contribution in [1.29, 1.82) is 0 Å². The van der Waals surface area contributed by atoms with Gasteiger partial charge < -0.3 is 9.47 Å². The molecule has 0 aromatic rings. The van der Waals surface area contributed by atoms with E-state index in [-0.39, 0.29) is 23.7 Å². The van der Waals surface area contributed by atoms with E-state index in [0.717, 1.165) is 12.8 Å². The van der Waals surface area contributed by atoms with Gasteiger partial charge in [0.2, 0.25) is 0 Å². The highest BCUT2D eigenvalue weighted by Crippen LogP contribution is 2.52. The molecule has 0 aromatic carbocycles. The lowest BCUT2D eigenvalue weighted by Gasteiger charge is -2.44. The molecule has 0 aromatic heterocycles. The first-order valence-corrected chi connectivity index (χ1v) is 8.88. The summed E-state index contributed by atoms with van der Waals surface area (Å²) < 4.78 is 79.6. The van der Waals surface area contributed by atoms with Gasteiger partial charge in [0.25, 0.3) is 0 Å². The van der Waals surface area contributed by atoms with E-state index in [1.165, 1.54) is 0 Å². The summed E-state index contributed by atoms with van der Waals surface area (Å²) in [7, 11) is -5.81. The molecule has 132 valence electrons. The van der Waals surface area contributed by atoms with Gasteiger partial charge in [-0.1, -0.05) is 0 Å². The second kappa shape index (κ2) is 5.59. The Hall–Kier alpha value is -0.870. The zero-order valence-corrected chi connectivity index (χ0v) is 12.8. The third-order valence-electron chi connectivity index (χ3n) is 5.10. The van der Waals surface area contributed by atoms with Gasteiger partial charge in [0, 0.05) is 12.3 Å². The van der Waals surface area contributed by atoms with E-state index in [1.54, 1.807) is 0 Å². The molecule has 3 aliphatic carbocycles. The molecule has 1 saturated heterocycles. The smallest absolute Gasteiger partial charge is 0.400 e. The fourth-order valence-corrected chi connectivity index (χ4v) is 4.39. The second-order valence-corrected chi connectivity index (χ2v) is 7.87. The van der Waals surface area contributed by atoms with Crippen LogP contribution in [0.5, 0.6) is 0 Å². The minimum absolute atomic E-state index is 0.0536. The molecule has 4 rings (SSSR count). The van der Waals surface area contributed by atoms with Crippen LogP contribution in [-0.2, 0) is 24.4 Å². The van der Waals surface area contributed by atoms with Gasteiger partial charge in [0.15, 0.2) is 6.17 Å². The number of halogens is 3. The summed E-state index contributed by atoms with van der Waals surface area (Å²) in [5.41, 5.74) is 0. The summed E-state index contributed by atoms with van der Waals surface area (Å²) in [4.78, 5) is 11.7. The summed E-state index contributed by atoms with van der Waals surface area (Å²) in [6, 6.07) is 0. The molecular formula is C13H17F3O6S. The third-order valence-corrected chi connectivity index (χ3v) is 6.04. The fourth-order valence-electron chi connectivity index (χ4n) is 3.95. The first-order valence-electron chi connectivity index (χ1n) is 7.44. The van der Waals surface area contributed by atoms with Gasteiger partial charge in [-0.15, -0.1) is 0 Å². The molecule has 0 spiro atoms. The highest BCUT2D eigenvalue weighted by atomic mass is 32.2. The molecule has 10 heteroatoms. The minimum atomic E-state index is -5.81. The first-order chi connectivity index (χ1) is 10.6. The predicted molar refractivity (Wildman–Crippen MR) is 69.9 cm³/mol. The van der Waals surface area contributed by atoms with Crippen molar-refractivity contribution in [3.8, 4) is 0 Å². The number of fused-ring (bicyclic) bond motifs is 1. The van der Waals surface area contributed by atoms with E-state index in [9.17, 15) is 26.4 Å². The summed E-state index contributed by atoms with van der Waals surface area (Å²) in [5.74, 6) is -0.284. The van der Waals surface area contributed by atoms with Crippen LogP contribution in [-0.4, -0.2) is 49.2 Å². The van der Waals surface area contributed by atoms with Gasteiger partial charge in [-0.3, -0.25) is 9.35 Å². The summed E-state index contributed by atoms with van der Waals surface area (Å²) >= 11 is 0. The lowest BCUT2D eigenvalue weighted by Crippen LogP contribution is -2.49. The van der Waals surface area contributed by atoms with Crippen LogP contribution >= 0.6 is 0 Å². The van der Waals surface area contributed by atoms with E-state index in [4.69, 9.17) is 14.0 Å². The average Bonchev–Trinajstić information content (AvgIpc) is 2.73. The molecule has 23 heavy (non-hydrogen) atoms. The normalized spacial score (nSPS) is 37.7. The minimum Gasteiger partial charge on any atom is -0.459 e. The van der Waals surface area contributed by atoms with Gasteiger partial charge in [-0.25, -0.2) is 4.39 Å². The number of rotatable bonds is 6. The highest BCUT2D eigenvalue weighted by Gasteiger charge is 2.58. The SMILES string of the molecule is O=C1OC2C3CCC(CC13)C2OCCC(F)C(F)(F)S(=O)(=O)O. The standard InChI is InChI=1S/C13H17F3O6S/c14-9(13(15,16)23(18,19)20)3-4-21-10-6-1-2-7-8(5-6)12(17)22-11(7)10/h6-11H,1-5H2,(H,18,19,20). The molecule has 3 saturated carbocycles. The monoisotopic (exact) mass is 358 g/mol. The van der Waals surface area contributed by atoms with Gasteiger partial charge in [0.05, 0.1) is 18.6 Å². The Morgan fingerprint density at radius 1 is 1.39 bits per heavy atom. The van der Waals surface area contributed by atoms with Crippen LogP contribution in [0.4, 0.5) is 13.2 Å². The molecule has 4 aliphatic rings. The average molecular weight is 358 g/mol. The maximum absolute atomic E-state index is 13.4. The zero-order valence-electron chi connectivity index (χ0n) is 12.0. The van der Waals surface area contributed by atoms with Crippen LogP contribution in [0.2, 0.25) is 0 Å². The fraction of sp³-hybridized carbons (Fsp3) is 0.923. The molecular weight excluding hydrogens is 341 g/mol. The lowest BCUT2D eigenvalue weighted by molar-refractivity contribution is -0.152. The number of hydrogen-bond donors (Lipinski definition) is 1. The van der Waals surface area contributed by atoms with E-state index < -0.39 is 46.8 Å². The quantitative estimate of drug-likeness (QED) is 0.572. The Kier molecular flexibility index (Phi) is 4.13. The maximum Gasteiger partial charge on any atom is 0.400 e. The molecule has 0 amide bonds. The Labute approximate surface area is 131 Å². The van der Waals surface area contributed by atoms with Crippen LogP contribution in [0.25, 0.3) is 0 Å². The number of carbonyl (C=O) groups is 1. The summed E-state index contributed by atoms with van der Waals surface area (Å²) in [6.45, 7) is -0.446. The van der Waals surface area contributed by atoms with Crippen molar-refractivity contribution in [3.05, 3.63) is 0 Å². The van der Waals surface area contributed by atoms with E-state index in [2.05, 4.69) is 0 Å². The largest absolute Gasteiger partial charge is 0.459 e. The topological polar surface area (TPSA) is 89.9 Å². The number of ether oxygens (including phenoxy) is 2. The van der Waals surface area contributed by atoms with Gasteiger partial charge in [-0.2, -0.15) is 17.2 Å². The summed E-state index contributed by atoms with van der Waals surface area (Å²) in [6.07, 6.45) is -2.56. The van der Waals surface area contributed by atoms with Crippen LogP contribution in [0.3, 0.4) is 0 Å². The van der Waals surface area contributed by atoms with Gasteiger partial charge >= 0.3 is 21.3 Å². The maximum atomic E-state index is 13.4. The van der Waals surface area contributed by atoms with E-state index in [0.29, 0.717) is 6.42 Å². The van der Waals surface area contributed by atoms with Crippen LogP contribution in [0.15, 0.2) is 0 Å². The van der Waals surface area contributed by atoms with Crippen LogP contribution < -0.4 is 0 Å². The molecule has 4 fully saturated rings. The Morgan fingerprint density at radius 3 is 2.74 bits per heavy atom. The molecule has 1 heterocycles.